The fourth-order valence-corrected chi connectivity index (χ4v) is 2.61. The van der Waals surface area contributed by atoms with Crippen molar-refractivity contribution in [1.82, 2.24) is 0 Å². The van der Waals surface area contributed by atoms with E-state index in [4.69, 9.17) is 0 Å². The maximum absolute atomic E-state index is 13.3. The topological polar surface area (TPSA) is 17.1 Å². The molecular weight excluding hydrogens is 345 g/mol. The lowest BCUT2D eigenvalue weighted by atomic mass is 10.1. The summed E-state index contributed by atoms with van der Waals surface area (Å²) in [5.41, 5.74) is -0.171. The number of carbonyl (C=O) groups excluding carboxylic acids is 1. The number of thiophene rings is 1. The molecule has 1 nitrogen and oxygen atoms in total. The minimum Gasteiger partial charge on any atom is -0.288 e. The van der Waals surface area contributed by atoms with Crippen LogP contribution in [0.2, 0.25) is 0 Å². The Bertz CT molecular complexity index is 530. The molecule has 0 bridgehead atoms. The molecule has 16 heavy (non-hydrogen) atoms. The molecule has 2 rings (SSSR count). The van der Waals surface area contributed by atoms with Crippen molar-refractivity contribution in [2.24, 2.45) is 0 Å². The van der Waals surface area contributed by atoms with Crippen LogP contribution >= 0.6 is 33.9 Å². The number of halogens is 3. The first-order chi connectivity index (χ1) is 7.59. The van der Waals surface area contributed by atoms with Gasteiger partial charge >= 0.3 is 0 Å². The summed E-state index contributed by atoms with van der Waals surface area (Å²) in [4.78, 5) is 11.8. The predicted octanol–water partition coefficient (Wildman–Crippen LogP) is 3.86. The molecule has 0 amide bonds. The average molecular weight is 350 g/mol. The van der Waals surface area contributed by atoms with E-state index in [-0.39, 0.29) is 0 Å². The minimum atomic E-state index is -0.828. The van der Waals surface area contributed by atoms with Crippen LogP contribution in [-0.2, 0) is 0 Å². The molecule has 82 valence electrons. The number of rotatable bonds is 2. The SMILES string of the molecule is O=C(c1csc(I)c1)c1c(F)cccc1F. The molecule has 2 aromatic rings. The zero-order chi connectivity index (χ0) is 11.7. The van der Waals surface area contributed by atoms with Crippen LogP contribution in [0.5, 0.6) is 0 Å². The van der Waals surface area contributed by atoms with E-state index in [1.165, 1.54) is 17.4 Å². The summed E-state index contributed by atoms with van der Waals surface area (Å²) in [7, 11) is 0. The van der Waals surface area contributed by atoms with Gasteiger partial charge in [0, 0.05) is 10.9 Å². The van der Waals surface area contributed by atoms with Gasteiger partial charge in [-0.05, 0) is 40.8 Å². The Hall–Kier alpha value is -0.820. The van der Waals surface area contributed by atoms with Gasteiger partial charge in [0.15, 0.2) is 5.78 Å². The highest BCUT2D eigenvalue weighted by molar-refractivity contribution is 14.1. The molecule has 0 aliphatic rings. The number of ketones is 1. The number of hydrogen-bond acceptors (Lipinski definition) is 2. The summed E-state index contributed by atoms with van der Waals surface area (Å²) >= 11 is 3.41. The zero-order valence-corrected chi connectivity index (χ0v) is 10.8. The van der Waals surface area contributed by atoms with Crippen molar-refractivity contribution in [1.29, 1.82) is 0 Å². The van der Waals surface area contributed by atoms with Crippen LogP contribution in [0.1, 0.15) is 15.9 Å². The van der Waals surface area contributed by atoms with E-state index in [1.807, 2.05) is 22.6 Å². The van der Waals surface area contributed by atoms with E-state index in [2.05, 4.69) is 0 Å². The third kappa shape index (κ3) is 2.15. The van der Waals surface area contributed by atoms with Crippen LogP contribution in [0.3, 0.4) is 0 Å². The Morgan fingerprint density at radius 1 is 1.25 bits per heavy atom. The molecule has 0 N–H and O–H groups in total. The maximum atomic E-state index is 13.3. The normalized spacial score (nSPS) is 10.4. The standard InChI is InChI=1S/C11H5F2IOS/c12-7-2-1-3-8(13)10(7)11(15)6-4-9(14)16-5-6/h1-5H. The summed E-state index contributed by atoms with van der Waals surface area (Å²) in [6.07, 6.45) is 0. The van der Waals surface area contributed by atoms with Gasteiger partial charge in [0.1, 0.15) is 11.6 Å². The molecule has 0 aliphatic carbocycles. The molecule has 5 heteroatoms. The molecule has 0 atom stereocenters. The predicted molar refractivity (Wildman–Crippen MR) is 66.8 cm³/mol. The van der Waals surface area contributed by atoms with E-state index in [1.54, 1.807) is 11.4 Å². The van der Waals surface area contributed by atoms with Gasteiger partial charge in [0.05, 0.1) is 8.45 Å². The quantitative estimate of drug-likeness (QED) is 0.594. The Kier molecular flexibility index (Phi) is 3.34. The van der Waals surface area contributed by atoms with E-state index in [9.17, 15) is 13.6 Å². The Morgan fingerprint density at radius 2 is 1.88 bits per heavy atom. The van der Waals surface area contributed by atoms with E-state index in [0.717, 1.165) is 15.0 Å². The number of hydrogen-bond donors (Lipinski definition) is 0. The highest BCUT2D eigenvalue weighted by Gasteiger charge is 2.19. The lowest BCUT2D eigenvalue weighted by Crippen LogP contribution is -2.06. The van der Waals surface area contributed by atoms with Crippen molar-refractivity contribution in [3.05, 3.63) is 55.3 Å². The fourth-order valence-electron chi connectivity index (χ4n) is 1.29. The van der Waals surface area contributed by atoms with Gasteiger partial charge in [0.25, 0.3) is 0 Å². The van der Waals surface area contributed by atoms with E-state index >= 15 is 0 Å². The number of carbonyl (C=O) groups is 1. The van der Waals surface area contributed by atoms with Crippen molar-refractivity contribution in [3.8, 4) is 0 Å². The highest BCUT2D eigenvalue weighted by atomic mass is 127. The number of benzene rings is 1. The summed E-state index contributed by atoms with van der Waals surface area (Å²) < 4.78 is 27.6. The lowest BCUT2D eigenvalue weighted by molar-refractivity contribution is 0.103. The second-order valence-electron chi connectivity index (χ2n) is 3.07. The van der Waals surface area contributed by atoms with E-state index < -0.39 is 23.0 Å². The molecule has 1 heterocycles. The monoisotopic (exact) mass is 350 g/mol. The third-order valence-electron chi connectivity index (χ3n) is 2.02. The summed E-state index contributed by atoms with van der Waals surface area (Å²) in [5.74, 6) is -2.27. The third-order valence-corrected chi connectivity index (χ3v) is 3.81. The first-order valence-electron chi connectivity index (χ1n) is 4.32. The molecule has 1 aromatic carbocycles. The fraction of sp³-hybridized carbons (Fsp3) is 0. The van der Waals surface area contributed by atoms with Crippen LogP contribution in [-0.4, -0.2) is 5.78 Å². The molecule has 0 saturated heterocycles. The maximum Gasteiger partial charge on any atom is 0.199 e. The molecule has 0 unspecified atom stereocenters. The van der Waals surface area contributed by atoms with Crippen LogP contribution in [0.25, 0.3) is 0 Å². The largest absolute Gasteiger partial charge is 0.288 e. The van der Waals surface area contributed by atoms with Crippen molar-refractivity contribution in [3.63, 3.8) is 0 Å². The summed E-state index contributed by atoms with van der Waals surface area (Å²) in [6, 6.07) is 5.00. The second-order valence-corrected chi connectivity index (χ2v) is 5.87. The summed E-state index contributed by atoms with van der Waals surface area (Å²) in [5, 5.41) is 1.59. The van der Waals surface area contributed by atoms with Gasteiger partial charge in [-0.25, -0.2) is 8.78 Å². The molecular formula is C11H5F2IOS. The van der Waals surface area contributed by atoms with Crippen molar-refractivity contribution in [2.45, 2.75) is 0 Å². The van der Waals surface area contributed by atoms with E-state index in [0.29, 0.717) is 5.56 Å². The van der Waals surface area contributed by atoms with Gasteiger partial charge in [-0.3, -0.25) is 4.79 Å². The molecule has 0 aliphatic heterocycles. The molecule has 0 spiro atoms. The van der Waals surface area contributed by atoms with Crippen molar-refractivity contribution < 1.29 is 13.6 Å². The Balaban J connectivity index is 2.49. The van der Waals surface area contributed by atoms with Crippen molar-refractivity contribution >= 4 is 39.7 Å². The Labute approximate surface area is 108 Å². The van der Waals surface area contributed by atoms with Crippen LogP contribution in [0, 0.1) is 14.5 Å². The van der Waals surface area contributed by atoms with Gasteiger partial charge in [-0.2, -0.15) is 0 Å². The van der Waals surface area contributed by atoms with Gasteiger partial charge in [-0.1, -0.05) is 6.07 Å². The van der Waals surface area contributed by atoms with Gasteiger partial charge < -0.3 is 0 Å². The van der Waals surface area contributed by atoms with Gasteiger partial charge in [-0.15, -0.1) is 11.3 Å². The van der Waals surface area contributed by atoms with Gasteiger partial charge in [0.2, 0.25) is 0 Å². The first kappa shape index (κ1) is 11.7. The molecule has 0 saturated carbocycles. The smallest absolute Gasteiger partial charge is 0.199 e. The summed E-state index contributed by atoms with van der Waals surface area (Å²) in [6.45, 7) is 0. The average Bonchev–Trinajstić information content (AvgIpc) is 2.64. The van der Waals surface area contributed by atoms with Crippen LogP contribution < -0.4 is 0 Å². The lowest BCUT2D eigenvalue weighted by Gasteiger charge is -2.01. The van der Waals surface area contributed by atoms with Crippen LogP contribution in [0.4, 0.5) is 8.78 Å². The van der Waals surface area contributed by atoms with Crippen LogP contribution in [0.15, 0.2) is 29.6 Å². The second kappa shape index (κ2) is 4.58. The highest BCUT2D eigenvalue weighted by Crippen LogP contribution is 2.22. The molecule has 1 aromatic heterocycles. The van der Waals surface area contributed by atoms with Crippen molar-refractivity contribution in [2.75, 3.05) is 0 Å². The molecule has 0 fully saturated rings. The first-order valence-corrected chi connectivity index (χ1v) is 6.28. The molecule has 0 radical (unpaired) electrons. The zero-order valence-electron chi connectivity index (χ0n) is 7.84. The Morgan fingerprint density at radius 3 is 2.38 bits per heavy atom. The minimum absolute atomic E-state index is 0.318.